The Morgan fingerprint density at radius 2 is 2.20 bits per heavy atom. The molecule has 0 fully saturated rings. The number of rotatable bonds is 1. The zero-order valence-electron chi connectivity index (χ0n) is 2.14. The van der Waals surface area contributed by atoms with Gasteiger partial charge in [-0.2, -0.15) is 0 Å². The zero-order valence-corrected chi connectivity index (χ0v) is 2.96. The van der Waals surface area contributed by atoms with Gasteiger partial charge in [0.2, 0.25) is 0 Å². The maximum absolute atomic E-state index is 10.3. The van der Waals surface area contributed by atoms with Crippen molar-refractivity contribution in [3.8, 4) is 0 Å². The molecule has 5 heteroatoms. The molecule has 0 bridgehead atoms. The Morgan fingerprint density at radius 3 is 2.20 bits per heavy atom. The zero-order chi connectivity index (χ0) is 4.28. The van der Waals surface area contributed by atoms with E-state index in [1.54, 1.807) is 0 Å². The Labute approximate surface area is 30.5 Å². The average molecular weight is 99.1 g/mol. The van der Waals surface area contributed by atoms with E-state index < -0.39 is 11.3 Å². The maximum Gasteiger partial charge on any atom is 0.260 e. The van der Waals surface area contributed by atoms with Gasteiger partial charge in [-0.05, 0) is 4.94 Å². The van der Waals surface area contributed by atoms with Gasteiger partial charge in [0.05, 0.1) is 0 Å². The van der Waals surface area contributed by atoms with Crippen molar-refractivity contribution < 1.29 is 13.2 Å². The highest BCUT2D eigenvalue weighted by atomic mass is 32.2. The van der Waals surface area contributed by atoms with Gasteiger partial charge >= 0.3 is 0 Å². The molecule has 0 aromatic rings. The van der Waals surface area contributed by atoms with E-state index in [1.165, 1.54) is 0 Å². The summed E-state index contributed by atoms with van der Waals surface area (Å²) in [5, 5.41) is 0. The highest BCUT2D eigenvalue weighted by Crippen LogP contribution is 1.55. The van der Waals surface area contributed by atoms with Crippen molar-refractivity contribution in [3.05, 3.63) is 0 Å². The lowest BCUT2D eigenvalue weighted by molar-refractivity contribution is 0.414. The topological polar surface area (TPSA) is 49.3 Å². The second-order valence-electron chi connectivity index (χ2n) is 0.326. The van der Waals surface area contributed by atoms with Crippen LogP contribution in [-0.2, 0) is 11.3 Å². The SMILES string of the molecule is O=S(O)NF. The fourth-order valence-electron chi connectivity index (χ4n) is 0. The highest BCUT2D eigenvalue weighted by Gasteiger charge is 1.77. The van der Waals surface area contributed by atoms with Crippen LogP contribution in [0.25, 0.3) is 0 Å². The Bertz CT molecular complexity index is 44.9. The molecule has 0 spiro atoms. The van der Waals surface area contributed by atoms with Crippen LogP contribution in [0, 0.1) is 0 Å². The molecule has 0 aromatic carbocycles. The van der Waals surface area contributed by atoms with Gasteiger partial charge in [-0.3, -0.25) is 4.55 Å². The summed E-state index contributed by atoms with van der Waals surface area (Å²) in [6, 6.07) is 0. The minimum absolute atomic E-state index is 0.556. The molecule has 0 radical (unpaired) electrons. The third-order valence-corrected chi connectivity index (χ3v) is 0.198. The van der Waals surface area contributed by atoms with Gasteiger partial charge in [-0.25, -0.2) is 4.21 Å². The van der Waals surface area contributed by atoms with Crippen molar-refractivity contribution in [1.29, 1.82) is 0 Å². The lowest BCUT2D eigenvalue weighted by Crippen LogP contribution is -2.01. The molecule has 0 aliphatic rings. The molecule has 2 N–H and O–H groups in total. The molecule has 0 aliphatic heterocycles. The lowest BCUT2D eigenvalue weighted by atomic mass is 13.8. The minimum atomic E-state index is -2.49. The fraction of sp³-hybridized carbons (Fsp3) is 0. The van der Waals surface area contributed by atoms with Crippen LogP contribution >= 0.6 is 0 Å². The summed E-state index contributed by atoms with van der Waals surface area (Å²) in [5.41, 5.74) is 0. The van der Waals surface area contributed by atoms with Crippen LogP contribution in [0.1, 0.15) is 0 Å². The molecule has 0 amide bonds. The van der Waals surface area contributed by atoms with Crippen LogP contribution in [0.5, 0.6) is 0 Å². The second-order valence-corrected chi connectivity index (χ2v) is 0.979. The fourth-order valence-corrected chi connectivity index (χ4v) is 0. The summed E-state index contributed by atoms with van der Waals surface area (Å²) in [6.45, 7) is 0. The summed E-state index contributed by atoms with van der Waals surface area (Å²) in [7, 11) is 0. The van der Waals surface area contributed by atoms with Gasteiger partial charge in [0.25, 0.3) is 11.3 Å². The molecule has 0 rings (SSSR count). The Kier molecular flexibility index (Phi) is 2.25. The van der Waals surface area contributed by atoms with E-state index >= 15 is 0 Å². The van der Waals surface area contributed by atoms with Crippen molar-refractivity contribution in [2.45, 2.75) is 0 Å². The lowest BCUT2D eigenvalue weighted by Gasteiger charge is -1.72. The maximum atomic E-state index is 10.3. The van der Waals surface area contributed by atoms with Crippen molar-refractivity contribution in [3.63, 3.8) is 0 Å². The molecule has 1 unspecified atom stereocenters. The molecule has 0 aliphatic carbocycles. The van der Waals surface area contributed by atoms with Gasteiger partial charge in [-0.15, -0.1) is 4.48 Å². The van der Waals surface area contributed by atoms with Gasteiger partial charge in [0, 0.05) is 0 Å². The van der Waals surface area contributed by atoms with Crippen LogP contribution in [0.3, 0.4) is 0 Å². The molecule has 0 aromatic heterocycles. The van der Waals surface area contributed by atoms with Crippen molar-refractivity contribution >= 4 is 11.3 Å². The van der Waals surface area contributed by atoms with Crippen molar-refractivity contribution in [2.24, 2.45) is 0 Å². The second kappa shape index (κ2) is 2.25. The average Bonchev–Trinajstić information content (AvgIpc) is 1.38. The highest BCUT2D eigenvalue weighted by molar-refractivity contribution is 7.76. The van der Waals surface area contributed by atoms with Gasteiger partial charge < -0.3 is 0 Å². The predicted octanol–water partition coefficient (Wildman–Crippen LogP) is -0.403. The van der Waals surface area contributed by atoms with Crippen LogP contribution < -0.4 is 4.94 Å². The molecule has 0 saturated heterocycles. The number of hydrogen-bond donors (Lipinski definition) is 2. The number of halogens is 1. The molecular weight excluding hydrogens is 97.1 g/mol. The van der Waals surface area contributed by atoms with E-state index in [2.05, 4.69) is 0 Å². The Hall–Kier alpha value is -0.0000000000000000555. The van der Waals surface area contributed by atoms with E-state index in [4.69, 9.17) is 8.76 Å². The summed E-state index contributed by atoms with van der Waals surface area (Å²) >= 11 is -2.49. The summed E-state index contributed by atoms with van der Waals surface area (Å²) in [6.07, 6.45) is 0. The molecule has 3 nitrogen and oxygen atoms in total. The smallest absolute Gasteiger partial charge is 0.260 e. The Balaban J connectivity index is 2.85. The van der Waals surface area contributed by atoms with E-state index in [-0.39, 0.29) is 0 Å². The van der Waals surface area contributed by atoms with Crippen LogP contribution in [0.15, 0.2) is 0 Å². The molecule has 32 valence electrons. The first-order valence-electron chi connectivity index (χ1n) is 0.742. The molecule has 1 atom stereocenters. The summed E-state index contributed by atoms with van der Waals surface area (Å²) in [4.78, 5) is 0.556. The molecule has 0 saturated carbocycles. The van der Waals surface area contributed by atoms with Gasteiger partial charge in [0.15, 0.2) is 0 Å². The normalized spacial score (nSPS) is 14.8. The van der Waals surface area contributed by atoms with Crippen LogP contribution in [0.4, 0.5) is 4.48 Å². The first kappa shape index (κ1) is 5.00. The van der Waals surface area contributed by atoms with E-state index in [0.717, 1.165) is 0 Å². The molecule has 5 heavy (non-hydrogen) atoms. The summed E-state index contributed by atoms with van der Waals surface area (Å²) < 4.78 is 26.7. The third kappa shape index (κ3) is 4.00. The van der Waals surface area contributed by atoms with E-state index in [0.29, 0.717) is 4.94 Å². The Morgan fingerprint density at radius 1 is 2.00 bits per heavy atom. The standard InChI is InChI=1S/FH2NO2S/c1-2-5(3)4/h2H,(H,3,4). The van der Waals surface area contributed by atoms with Crippen LogP contribution in [0.2, 0.25) is 0 Å². The van der Waals surface area contributed by atoms with Crippen LogP contribution in [-0.4, -0.2) is 8.76 Å². The number of hydrogen-bond acceptors (Lipinski definition) is 1. The first-order valence-corrected chi connectivity index (χ1v) is 1.85. The predicted molar refractivity (Wildman–Crippen MR) is 15.0 cm³/mol. The summed E-state index contributed by atoms with van der Waals surface area (Å²) in [5.74, 6) is 0. The van der Waals surface area contributed by atoms with E-state index in [9.17, 15) is 4.48 Å². The van der Waals surface area contributed by atoms with Gasteiger partial charge in [-0.1, -0.05) is 0 Å². The monoisotopic (exact) mass is 99.0 g/mol. The molecule has 0 heterocycles. The largest absolute Gasteiger partial charge is 0.292 e. The third-order valence-electron chi connectivity index (χ3n) is 0.0660. The quantitative estimate of drug-likeness (QED) is 0.347. The minimum Gasteiger partial charge on any atom is -0.292 e. The van der Waals surface area contributed by atoms with Crippen molar-refractivity contribution in [1.82, 2.24) is 4.94 Å². The van der Waals surface area contributed by atoms with E-state index in [1.807, 2.05) is 0 Å². The molecular formula is H2FNO2S. The number of nitrogens with one attached hydrogen (secondary N) is 1. The first-order chi connectivity index (χ1) is 2.27. The van der Waals surface area contributed by atoms with Gasteiger partial charge in [0.1, 0.15) is 0 Å². The van der Waals surface area contributed by atoms with Crippen molar-refractivity contribution in [2.75, 3.05) is 0 Å².